The van der Waals surface area contributed by atoms with E-state index in [9.17, 15) is 13.2 Å². The van der Waals surface area contributed by atoms with Crippen LogP contribution in [0, 0.1) is 0 Å². The van der Waals surface area contributed by atoms with E-state index in [1.807, 2.05) is 0 Å². The summed E-state index contributed by atoms with van der Waals surface area (Å²) in [5, 5.41) is 8.85. The zero-order valence-corrected chi connectivity index (χ0v) is 11.4. The first-order valence-corrected chi connectivity index (χ1v) is 7.54. The Bertz CT molecular complexity index is 372. The zero-order valence-electron chi connectivity index (χ0n) is 10.5. The fourth-order valence-electron chi connectivity index (χ4n) is 1.39. The Kier molecular flexibility index (Phi) is 4.51. The van der Waals surface area contributed by atoms with E-state index in [-0.39, 0.29) is 18.5 Å². The van der Waals surface area contributed by atoms with Crippen molar-refractivity contribution in [2.75, 3.05) is 32.4 Å². The van der Waals surface area contributed by atoms with E-state index < -0.39 is 14.6 Å². The molecule has 1 fully saturated rings. The number of amides is 1. The molecule has 3 N–H and O–H groups in total. The van der Waals surface area contributed by atoms with E-state index in [0.717, 1.165) is 13.1 Å². The number of hydrogen-bond acceptors (Lipinski definition) is 5. The van der Waals surface area contributed by atoms with E-state index in [4.69, 9.17) is 0 Å². The molecule has 1 rings (SSSR count). The molecular formula is C10H21N3O3S. The Labute approximate surface area is 102 Å². The van der Waals surface area contributed by atoms with Crippen molar-refractivity contribution in [1.82, 2.24) is 16.0 Å². The third-order valence-corrected chi connectivity index (χ3v) is 5.20. The Morgan fingerprint density at radius 2 is 2.06 bits per heavy atom. The monoisotopic (exact) mass is 263 g/mol. The van der Waals surface area contributed by atoms with E-state index >= 15 is 0 Å². The van der Waals surface area contributed by atoms with Crippen LogP contribution in [0.2, 0.25) is 0 Å². The molecule has 0 aromatic carbocycles. The maximum atomic E-state index is 11.8. The summed E-state index contributed by atoms with van der Waals surface area (Å²) in [6.07, 6.45) is 1.18. The molecule has 1 heterocycles. The summed E-state index contributed by atoms with van der Waals surface area (Å²) >= 11 is 0. The van der Waals surface area contributed by atoms with Crippen LogP contribution in [0.3, 0.4) is 0 Å². The van der Waals surface area contributed by atoms with Crippen LogP contribution in [-0.2, 0) is 14.6 Å². The second-order valence-corrected chi connectivity index (χ2v) is 7.61. The molecule has 1 amide bonds. The van der Waals surface area contributed by atoms with Crippen molar-refractivity contribution < 1.29 is 13.2 Å². The van der Waals surface area contributed by atoms with Gasteiger partial charge in [-0.2, -0.15) is 0 Å². The molecule has 0 aliphatic carbocycles. The molecule has 1 aliphatic rings. The summed E-state index contributed by atoms with van der Waals surface area (Å²) in [6.45, 7) is 5.50. The Balaban J connectivity index is 2.47. The van der Waals surface area contributed by atoms with Gasteiger partial charge in [0.2, 0.25) is 5.91 Å². The normalized spacial score (nSPS) is 22.2. The molecule has 1 atom stereocenters. The SMILES string of the molecule is CC(C)(CNC(=O)C1CNCCN1)S(C)(=O)=O. The Morgan fingerprint density at radius 3 is 2.53 bits per heavy atom. The zero-order chi connectivity index (χ0) is 13.1. The molecule has 7 heteroatoms. The van der Waals surface area contributed by atoms with Crippen LogP contribution in [0.25, 0.3) is 0 Å². The Hall–Kier alpha value is -0.660. The lowest BCUT2D eigenvalue weighted by atomic mass is 10.2. The van der Waals surface area contributed by atoms with Crippen LogP contribution in [0.1, 0.15) is 13.8 Å². The van der Waals surface area contributed by atoms with Crippen LogP contribution >= 0.6 is 0 Å². The van der Waals surface area contributed by atoms with Gasteiger partial charge in [-0.3, -0.25) is 4.79 Å². The first kappa shape index (κ1) is 14.4. The van der Waals surface area contributed by atoms with Gasteiger partial charge >= 0.3 is 0 Å². The van der Waals surface area contributed by atoms with Crippen LogP contribution in [-0.4, -0.2) is 57.5 Å². The van der Waals surface area contributed by atoms with Crippen molar-refractivity contribution in [3.8, 4) is 0 Å². The molecule has 0 aromatic heterocycles. The van der Waals surface area contributed by atoms with Gasteiger partial charge in [-0.1, -0.05) is 0 Å². The number of carbonyl (C=O) groups excluding carboxylic acids is 1. The highest BCUT2D eigenvalue weighted by Gasteiger charge is 2.31. The van der Waals surface area contributed by atoms with Gasteiger partial charge in [0.05, 0.1) is 10.8 Å². The highest BCUT2D eigenvalue weighted by molar-refractivity contribution is 7.92. The first-order chi connectivity index (χ1) is 7.74. The summed E-state index contributed by atoms with van der Waals surface area (Å²) in [5.41, 5.74) is 0. The summed E-state index contributed by atoms with van der Waals surface area (Å²) in [5.74, 6) is -0.158. The topological polar surface area (TPSA) is 87.3 Å². The lowest BCUT2D eigenvalue weighted by molar-refractivity contribution is -0.123. The van der Waals surface area contributed by atoms with Crippen molar-refractivity contribution in [3.63, 3.8) is 0 Å². The second-order valence-electron chi connectivity index (χ2n) is 4.96. The van der Waals surface area contributed by atoms with Gasteiger partial charge in [0.15, 0.2) is 9.84 Å². The van der Waals surface area contributed by atoms with Gasteiger partial charge in [0.1, 0.15) is 0 Å². The van der Waals surface area contributed by atoms with E-state index in [0.29, 0.717) is 6.54 Å². The number of piperazine rings is 1. The van der Waals surface area contributed by atoms with Crippen molar-refractivity contribution in [2.24, 2.45) is 0 Å². The van der Waals surface area contributed by atoms with Gasteiger partial charge in [-0.25, -0.2) is 8.42 Å². The number of carbonyl (C=O) groups is 1. The molecule has 6 nitrogen and oxygen atoms in total. The molecule has 1 unspecified atom stereocenters. The predicted octanol–water partition coefficient (Wildman–Crippen LogP) is -1.51. The largest absolute Gasteiger partial charge is 0.353 e. The third kappa shape index (κ3) is 3.93. The van der Waals surface area contributed by atoms with Crippen molar-refractivity contribution in [3.05, 3.63) is 0 Å². The minimum absolute atomic E-state index is 0.128. The van der Waals surface area contributed by atoms with E-state index in [2.05, 4.69) is 16.0 Å². The summed E-state index contributed by atoms with van der Waals surface area (Å²) in [6, 6.07) is -0.279. The maximum Gasteiger partial charge on any atom is 0.238 e. The average molecular weight is 263 g/mol. The van der Waals surface area contributed by atoms with Crippen LogP contribution in [0.15, 0.2) is 0 Å². The van der Waals surface area contributed by atoms with E-state index in [1.165, 1.54) is 6.26 Å². The molecular weight excluding hydrogens is 242 g/mol. The number of sulfone groups is 1. The van der Waals surface area contributed by atoms with Crippen molar-refractivity contribution in [2.45, 2.75) is 24.6 Å². The molecule has 1 saturated heterocycles. The molecule has 17 heavy (non-hydrogen) atoms. The van der Waals surface area contributed by atoms with E-state index in [1.54, 1.807) is 13.8 Å². The maximum absolute atomic E-state index is 11.8. The average Bonchev–Trinajstić information content (AvgIpc) is 2.25. The third-order valence-electron chi connectivity index (χ3n) is 3.05. The summed E-state index contributed by atoms with van der Waals surface area (Å²) in [7, 11) is -3.18. The van der Waals surface area contributed by atoms with Gasteiger partial charge in [-0.05, 0) is 13.8 Å². The fourth-order valence-corrected chi connectivity index (χ4v) is 1.73. The molecule has 1 aliphatic heterocycles. The Morgan fingerprint density at radius 1 is 1.41 bits per heavy atom. The van der Waals surface area contributed by atoms with Crippen LogP contribution < -0.4 is 16.0 Å². The van der Waals surface area contributed by atoms with Crippen molar-refractivity contribution in [1.29, 1.82) is 0 Å². The molecule has 100 valence electrons. The van der Waals surface area contributed by atoms with Crippen LogP contribution in [0.4, 0.5) is 0 Å². The minimum Gasteiger partial charge on any atom is -0.353 e. The minimum atomic E-state index is -3.18. The van der Waals surface area contributed by atoms with Gasteiger partial charge in [-0.15, -0.1) is 0 Å². The highest BCUT2D eigenvalue weighted by Crippen LogP contribution is 2.13. The smallest absolute Gasteiger partial charge is 0.238 e. The highest BCUT2D eigenvalue weighted by atomic mass is 32.2. The summed E-state index contributed by atoms with van der Waals surface area (Å²) in [4.78, 5) is 11.8. The second kappa shape index (κ2) is 5.32. The molecule has 0 bridgehead atoms. The molecule has 0 saturated carbocycles. The van der Waals surface area contributed by atoms with Gasteiger partial charge in [0.25, 0.3) is 0 Å². The number of nitrogens with one attached hydrogen (secondary N) is 3. The number of rotatable bonds is 4. The molecule has 0 spiro atoms. The standard InChI is InChI=1S/C10H21N3O3S/c1-10(2,17(3,15)16)7-13-9(14)8-6-11-4-5-12-8/h8,11-12H,4-7H2,1-3H3,(H,13,14). The number of hydrogen-bond donors (Lipinski definition) is 3. The molecule has 0 radical (unpaired) electrons. The van der Waals surface area contributed by atoms with Crippen LogP contribution in [0.5, 0.6) is 0 Å². The van der Waals surface area contributed by atoms with Crippen molar-refractivity contribution >= 4 is 15.7 Å². The fraction of sp³-hybridized carbons (Fsp3) is 0.900. The summed E-state index contributed by atoms with van der Waals surface area (Å²) < 4.78 is 22.0. The first-order valence-electron chi connectivity index (χ1n) is 5.65. The van der Waals surface area contributed by atoms with Gasteiger partial charge in [0, 0.05) is 32.4 Å². The lowest BCUT2D eigenvalue weighted by Crippen LogP contribution is -2.57. The molecule has 0 aromatic rings. The quantitative estimate of drug-likeness (QED) is 0.574. The van der Waals surface area contributed by atoms with Gasteiger partial charge < -0.3 is 16.0 Å². The lowest BCUT2D eigenvalue weighted by Gasteiger charge is -2.27. The predicted molar refractivity (Wildman–Crippen MR) is 66.6 cm³/mol.